The average molecular weight is 228 g/mol. The monoisotopic (exact) mass is 228 g/mol. The molecule has 5 heteroatoms. The van der Waals surface area contributed by atoms with E-state index in [1.54, 1.807) is 0 Å². The number of methoxy groups -OCH3 is 1. The second-order valence-corrected chi connectivity index (χ2v) is 3.79. The van der Waals surface area contributed by atoms with Crippen molar-refractivity contribution < 1.29 is 24.2 Å². The Morgan fingerprint density at radius 2 is 2.12 bits per heavy atom. The summed E-state index contributed by atoms with van der Waals surface area (Å²) in [4.78, 5) is 20.3. The highest BCUT2D eigenvalue weighted by atomic mass is 16.6. The first-order chi connectivity index (χ1) is 7.58. The number of carbonyl (C=O) groups excluding carboxylic acids is 1. The maximum atomic E-state index is 10.5. The van der Waals surface area contributed by atoms with Gasteiger partial charge in [-0.05, 0) is 19.3 Å². The molecule has 0 aromatic rings. The summed E-state index contributed by atoms with van der Waals surface area (Å²) in [5, 5.41) is 8.62. The van der Waals surface area contributed by atoms with E-state index in [1.165, 1.54) is 7.11 Å². The van der Waals surface area contributed by atoms with E-state index in [4.69, 9.17) is 9.84 Å². The highest BCUT2D eigenvalue weighted by Crippen LogP contribution is 2.39. The van der Waals surface area contributed by atoms with E-state index in [2.05, 4.69) is 11.3 Å². The lowest BCUT2D eigenvalue weighted by Gasteiger charge is -2.12. The molecule has 3 unspecified atom stereocenters. The van der Waals surface area contributed by atoms with Gasteiger partial charge >= 0.3 is 11.9 Å². The molecule has 5 nitrogen and oxygen atoms in total. The largest absolute Gasteiger partial charge is 0.481 e. The molecule has 0 radical (unpaired) electrons. The Labute approximate surface area is 94.0 Å². The number of fused-ring (bicyclic) bond motifs is 1. The van der Waals surface area contributed by atoms with Crippen molar-refractivity contribution in [3.63, 3.8) is 0 Å². The minimum absolute atomic E-state index is 0.135. The van der Waals surface area contributed by atoms with Crippen molar-refractivity contribution in [2.75, 3.05) is 7.11 Å². The van der Waals surface area contributed by atoms with Crippen molar-refractivity contribution in [2.24, 2.45) is 5.92 Å². The fraction of sp³-hybridized carbons (Fsp3) is 0.636. The van der Waals surface area contributed by atoms with E-state index in [1.807, 2.05) is 0 Å². The number of aliphatic carboxylic acids is 1. The molecule has 2 aliphatic rings. The smallest absolute Gasteiger partial charge is 0.329 e. The van der Waals surface area contributed by atoms with Gasteiger partial charge in [-0.1, -0.05) is 6.58 Å². The molecule has 3 atom stereocenters. The van der Waals surface area contributed by atoms with Crippen LogP contribution < -0.4 is 0 Å². The maximum absolute atomic E-state index is 10.5. The van der Waals surface area contributed by atoms with Crippen molar-refractivity contribution in [3.8, 4) is 0 Å². The van der Waals surface area contributed by atoms with Gasteiger partial charge in [-0.2, -0.15) is 0 Å². The van der Waals surface area contributed by atoms with Gasteiger partial charge in [0, 0.05) is 6.08 Å². The van der Waals surface area contributed by atoms with E-state index >= 15 is 0 Å². The Bertz CT molecular complexity index is 286. The van der Waals surface area contributed by atoms with Gasteiger partial charge in [0.25, 0.3) is 0 Å². The Morgan fingerprint density at radius 1 is 1.44 bits per heavy atom. The van der Waals surface area contributed by atoms with E-state index < -0.39 is 11.9 Å². The number of rotatable bonds is 2. The van der Waals surface area contributed by atoms with Crippen LogP contribution in [0.4, 0.5) is 0 Å². The zero-order valence-corrected chi connectivity index (χ0v) is 9.22. The predicted molar refractivity (Wildman–Crippen MR) is 55.9 cm³/mol. The summed E-state index contributed by atoms with van der Waals surface area (Å²) in [6.07, 6.45) is 4.29. The van der Waals surface area contributed by atoms with Crippen LogP contribution in [-0.2, 0) is 19.1 Å². The van der Waals surface area contributed by atoms with Crippen LogP contribution in [0.1, 0.15) is 19.3 Å². The zero-order valence-electron chi connectivity index (χ0n) is 9.22. The Morgan fingerprint density at radius 3 is 2.50 bits per heavy atom. The van der Waals surface area contributed by atoms with Gasteiger partial charge in [0.1, 0.15) is 0 Å². The number of hydrogen-bond donors (Lipinski definition) is 1. The molecular weight excluding hydrogens is 212 g/mol. The summed E-state index contributed by atoms with van der Waals surface area (Å²) >= 11 is 0. The Hall–Kier alpha value is -1.36. The van der Waals surface area contributed by atoms with Gasteiger partial charge in [-0.3, -0.25) is 4.79 Å². The van der Waals surface area contributed by atoms with Crippen LogP contribution in [0.2, 0.25) is 0 Å². The Balaban J connectivity index is 0.000000187. The molecule has 90 valence electrons. The number of hydrogen-bond acceptors (Lipinski definition) is 4. The molecule has 2 fully saturated rings. The molecular formula is C11H16O5. The van der Waals surface area contributed by atoms with Gasteiger partial charge in [-0.15, -0.1) is 0 Å². The van der Waals surface area contributed by atoms with E-state index in [-0.39, 0.29) is 12.0 Å². The van der Waals surface area contributed by atoms with E-state index in [0.717, 1.165) is 25.3 Å². The van der Waals surface area contributed by atoms with E-state index in [9.17, 15) is 9.59 Å². The van der Waals surface area contributed by atoms with Crippen molar-refractivity contribution in [1.29, 1.82) is 0 Å². The molecule has 0 amide bonds. The summed E-state index contributed by atoms with van der Waals surface area (Å²) in [7, 11) is 1.31. The van der Waals surface area contributed by atoms with Crippen LogP contribution in [0.3, 0.4) is 0 Å². The lowest BCUT2D eigenvalue weighted by atomic mass is 9.90. The number of carboxylic acids is 1. The Kier molecular flexibility index (Phi) is 4.49. The second-order valence-electron chi connectivity index (χ2n) is 3.79. The third-order valence-electron chi connectivity index (χ3n) is 2.72. The van der Waals surface area contributed by atoms with Gasteiger partial charge in [0.2, 0.25) is 0 Å². The average Bonchev–Trinajstić information content (AvgIpc) is 3.06. The molecule has 0 spiro atoms. The molecule has 1 N–H and O–H groups in total. The summed E-state index contributed by atoms with van der Waals surface area (Å²) < 4.78 is 9.34. The SMILES string of the molecule is C=CC(=O)OC.O=C(O)C1CCC2OC2C1. The molecule has 1 heterocycles. The molecule has 1 saturated heterocycles. The highest BCUT2D eigenvalue weighted by molar-refractivity contribution is 5.80. The van der Waals surface area contributed by atoms with Crippen molar-refractivity contribution in [3.05, 3.63) is 12.7 Å². The van der Waals surface area contributed by atoms with Crippen LogP contribution in [0.15, 0.2) is 12.7 Å². The topological polar surface area (TPSA) is 76.1 Å². The number of carboxylic acid groups (broad SMARTS) is 1. The molecule has 1 aliphatic heterocycles. The molecule has 0 aromatic heterocycles. The zero-order chi connectivity index (χ0) is 12.1. The van der Waals surface area contributed by atoms with Gasteiger partial charge in [-0.25, -0.2) is 4.79 Å². The van der Waals surface area contributed by atoms with Crippen LogP contribution in [0, 0.1) is 5.92 Å². The number of carbonyl (C=O) groups is 2. The third kappa shape index (κ3) is 3.66. The first kappa shape index (κ1) is 12.7. The minimum atomic E-state index is -0.658. The summed E-state index contributed by atoms with van der Waals surface area (Å²) in [5.74, 6) is -1.19. The normalized spacial score (nSPS) is 30.2. The molecule has 0 aromatic carbocycles. The van der Waals surface area contributed by atoms with Gasteiger partial charge in [0.05, 0.1) is 25.2 Å². The maximum Gasteiger partial charge on any atom is 0.329 e. The third-order valence-corrected chi connectivity index (χ3v) is 2.72. The summed E-state index contributed by atoms with van der Waals surface area (Å²) in [5.41, 5.74) is 0. The summed E-state index contributed by atoms with van der Waals surface area (Å²) in [6.45, 7) is 3.16. The lowest BCUT2D eigenvalue weighted by molar-refractivity contribution is -0.142. The molecule has 1 aliphatic carbocycles. The van der Waals surface area contributed by atoms with E-state index in [0.29, 0.717) is 6.10 Å². The fourth-order valence-electron chi connectivity index (χ4n) is 1.71. The standard InChI is InChI=1S/C7H10O3.C4H6O2/c8-7(9)4-1-2-5-6(3-4)10-5;1-3-4(5)6-2/h4-6H,1-3H2,(H,8,9);3H,1H2,2H3. The predicted octanol–water partition coefficient (Wildman–Crippen LogP) is 0.984. The van der Waals surface area contributed by atoms with Gasteiger partial charge in [0.15, 0.2) is 0 Å². The lowest BCUT2D eigenvalue weighted by Crippen LogP contribution is -2.21. The molecule has 0 bridgehead atoms. The second kappa shape index (κ2) is 5.65. The van der Waals surface area contributed by atoms with Crippen molar-refractivity contribution in [1.82, 2.24) is 0 Å². The number of epoxide rings is 1. The first-order valence-corrected chi connectivity index (χ1v) is 5.17. The molecule has 1 saturated carbocycles. The first-order valence-electron chi connectivity index (χ1n) is 5.17. The van der Waals surface area contributed by atoms with Crippen molar-refractivity contribution >= 4 is 11.9 Å². The van der Waals surface area contributed by atoms with Crippen LogP contribution in [0.25, 0.3) is 0 Å². The van der Waals surface area contributed by atoms with Crippen LogP contribution >= 0.6 is 0 Å². The summed E-state index contributed by atoms with van der Waals surface area (Å²) in [6, 6.07) is 0. The molecule has 2 rings (SSSR count). The quantitative estimate of drug-likeness (QED) is 0.433. The van der Waals surface area contributed by atoms with Gasteiger partial charge < -0.3 is 14.6 Å². The minimum Gasteiger partial charge on any atom is -0.481 e. The van der Waals surface area contributed by atoms with Crippen molar-refractivity contribution in [2.45, 2.75) is 31.5 Å². The fourth-order valence-corrected chi connectivity index (χ4v) is 1.71. The van der Waals surface area contributed by atoms with Crippen LogP contribution in [0.5, 0.6) is 0 Å². The van der Waals surface area contributed by atoms with Crippen LogP contribution in [-0.4, -0.2) is 36.4 Å². The number of ether oxygens (including phenoxy) is 2. The number of esters is 1. The molecule has 16 heavy (non-hydrogen) atoms. The highest BCUT2D eigenvalue weighted by Gasteiger charge is 2.45.